The fraction of sp³-hybridized carbons (Fsp3) is 0.250. The highest BCUT2D eigenvalue weighted by Gasteiger charge is 2.19. The second-order valence-corrected chi connectivity index (χ2v) is 6.69. The summed E-state index contributed by atoms with van der Waals surface area (Å²) in [6.07, 6.45) is 0.759. The molecule has 2 rings (SSSR count). The van der Waals surface area contributed by atoms with E-state index in [2.05, 4.69) is 4.72 Å². The topological polar surface area (TPSA) is 72.2 Å². The number of para-hydroxylation sites is 1. The third-order valence-electron chi connectivity index (χ3n) is 3.59. The van der Waals surface area contributed by atoms with Crippen molar-refractivity contribution in [2.75, 3.05) is 10.5 Å². The van der Waals surface area contributed by atoms with Crippen molar-refractivity contribution in [1.29, 1.82) is 0 Å². The minimum absolute atomic E-state index is 0.216. The molecule has 112 valence electrons. The Balaban J connectivity index is 2.50. The van der Waals surface area contributed by atoms with Crippen LogP contribution in [-0.2, 0) is 16.4 Å². The van der Waals surface area contributed by atoms with E-state index in [1.54, 1.807) is 25.1 Å². The largest absolute Gasteiger partial charge is 0.398 e. The van der Waals surface area contributed by atoms with Crippen molar-refractivity contribution in [2.24, 2.45) is 0 Å². The molecule has 0 spiro atoms. The highest BCUT2D eigenvalue weighted by atomic mass is 32.2. The Kier molecular flexibility index (Phi) is 4.23. The number of sulfonamides is 1. The summed E-state index contributed by atoms with van der Waals surface area (Å²) < 4.78 is 28.0. The van der Waals surface area contributed by atoms with Crippen LogP contribution in [0.1, 0.15) is 23.6 Å². The lowest BCUT2D eigenvalue weighted by Gasteiger charge is -2.16. The van der Waals surface area contributed by atoms with Crippen molar-refractivity contribution < 1.29 is 8.42 Å². The van der Waals surface area contributed by atoms with Crippen LogP contribution in [0, 0.1) is 13.8 Å². The van der Waals surface area contributed by atoms with Gasteiger partial charge in [-0.2, -0.15) is 0 Å². The summed E-state index contributed by atoms with van der Waals surface area (Å²) in [5, 5.41) is 0. The zero-order valence-electron chi connectivity index (χ0n) is 12.5. The van der Waals surface area contributed by atoms with Crippen LogP contribution in [0.2, 0.25) is 0 Å². The number of hydrogen-bond donors (Lipinski definition) is 2. The molecule has 5 heteroatoms. The molecule has 0 amide bonds. The van der Waals surface area contributed by atoms with Crippen molar-refractivity contribution in [3.05, 3.63) is 53.1 Å². The minimum atomic E-state index is -3.65. The first-order chi connectivity index (χ1) is 9.86. The first-order valence-electron chi connectivity index (χ1n) is 6.83. The minimum Gasteiger partial charge on any atom is -0.398 e. The molecule has 0 heterocycles. The molecule has 0 radical (unpaired) electrons. The summed E-state index contributed by atoms with van der Waals surface area (Å²) >= 11 is 0. The van der Waals surface area contributed by atoms with E-state index in [0.29, 0.717) is 16.9 Å². The molecule has 2 aromatic rings. The van der Waals surface area contributed by atoms with Crippen molar-refractivity contribution >= 4 is 21.4 Å². The molecule has 21 heavy (non-hydrogen) atoms. The molecule has 3 N–H and O–H groups in total. The number of anilines is 2. The lowest BCUT2D eigenvalue weighted by atomic mass is 10.1. The van der Waals surface area contributed by atoms with Gasteiger partial charge in [-0.1, -0.05) is 31.2 Å². The van der Waals surface area contributed by atoms with Gasteiger partial charge in [-0.15, -0.1) is 0 Å². The van der Waals surface area contributed by atoms with E-state index in [1.165, 1.54) is 0 Å². The smallest absolute Gasteiger partial charge is 0.262 e. The van der Waals surface area contributed by atoms with Crippen molar-refractivity contribution in [2.45, 2.75) is 32.1 Å². The zero-order valence-corrected chi connectivity index (χ0v) is 13.3. The van der Waals surface area contributed by atoms with E-state index in [4.69, 9.17) is 5.73 Å². The molecular weight excluding hydrogens is 284 g/mol. The molecule has 0 aliphatic rings. The maximum atomic E-state index is 12.6. The third kappa shape index (κ3) is 3.03. The van der Waals surface area contributed by atoms with Crippen LogP contribution in [-0.4, -0.2) is 8.42 Å². The molecule has 0 atom stereocenters. The van der Waals surface area contributed by atoms with E-state index >= 15 is 0 Å². The Morgan fingerprint density at radius 1 is 1.10 bits per heavy atom. The van der Waals surface area contributed by atoms with Crippen LogP contribution < -0.4 is 10.5 Å². The standard InChI is InChI=1S/C16H20N2O2S/c1-4-13-8-5-7-11(2)16(13)18-21(19,20)15-10-6-9-14(17)12(15)3/h5-10,18H,4,17H2,1-3H3. The molecule has 0 fully saturated rings. The summed E-state index contributed by atoms with van der Waals surface area (Å²) in [7, 11) is -3.65. The Labute approximate surface area is 126 Å². The van der Waals surface area contributed by atoms with Crippen LogP contribution in [0.15, 0.2) is 41.3 Å². The molecule has 0 bridgehead atoms. The second-order valence-electron chi connectivity index (χ2n) is 5.04. The first kappa shape index (κ1) is 15.4. The fourth-order valence-corrected chi connectivity index (χ4v) is 3.73. The third-order valence-corrected chi connectivity index (χ3v) is 5.09. The number of aryl methyl sites for hydroxylation is 2. The zero-order chi connectivity index (χ0) is 15.6. The van der Waals surface area contributed by atoms with Gasteiger partial charge in [0.05, 0.1) is 10.6 Å². The van der Waals surface area contributed by atoms with Gasteiger partial charge in [0.1, 0.15) is 0 Å². The molecule has 0 aliphatic carbocycles. The summed E-state index contributed by atoms with van der Waals surface area (Å²) in [6.45, 7) is 5.60. The number of benzene rings is 2. The van der Waals surface area contributed by atoms with Crippen molar-refractivity contribution in [1.82, 2.24) is 0 Å². The van der Waals surface area contributed by atoms with Gasteiger partial charge < -0.3 is 5.73 Å². The number of nitrogens with one attached hydrogen (secondary N) is 1. The second kappa shape index (κ2) is 5.77. The van der Waals surface area contributed by atoms with E-state index < -0.39 is 10.0 Å². The maximum absolute atomic E-state index is 12.6. The Morgan fingerprint density at radius 3 is 2.43 bits per heavy atom. The van der Waals surface area contributed by atoms with Gasteiger partial charge in [0.25, 0.3) is 10.0 Å². The number of nitrogen functional groups attached to an aromatic ring is 1. The highest BCUT2D eigenvalue weighted by Crippen LogP contribution is 2.27. The first-order valence-corrected chi connectivity index (χ1v) is 8.31. The van der Waals surface area contributed by atoms with Gasteiger partial charge in [0.2, 0.25) is 0 Å². The quantitative estimate of drug-likeness (QED) is 0.852. The predicted molar refractivity (Wildman–Crippen MR) is 87.0 cm³/mol. The average molecular weight is 304 g/mol. The Morgan fingerprint density at radius 2 is 1.76 bits per heavy atom. The van der Waals surface area contributed by atoms with Crippen LogP contribution >= 0.6 is 0 Å². The lowest BCUT2D eigenvalue weighted by Crippen LogP contribution is -2.16. The Bertz CT molecular complexity index is 768. The summed E-state index contributed by atoms with van der Waals surface area (Å²) in [5.74, 6) is 0. The molecule has 2 aromatic carbocycles. The summed E-state index contributed by atoms with van der Waals surface area (Å²) in [6, 6.07) is 10.7. The van der Waals surface area contributed by atoms with E-state index in [-0.39, 0.29) is 4.90 Å². The van der Waals surface area contributed by atoms with Crippen molar-refractivity contribution in [3.63, 3.8) is 0 Å². The normalized spacial score (nSPS) is 11.4. The average Bonchev–Trinajstić information content (AvgIpc) is 2.43. The van der Waals surface area contributed by atoms with Gasteiger partial charge in [-0.25, -0.2) is 8.42 Å². The van der Waals surface area contributed by atoms with Crippen LogP contribution in [0.3, 0.4) is 0 Å². The number of nitrogens with two attached hydrogens (primary N) is 1. The molecule has 0 unspecified atom stereocenters. The van der Waals surface area contributed by atoms with Crippen LogP contribution in [0.25, 0.3) is 0 Å². The SMILES string of the molecule is CCc1cccc(C)c1NS(=O)(=O)c1cccc(N)c1C. The molecule has 0 aliphatic heterocycles. The highest BCUT2D eigenvalue weighted by molar-refractivity contribution is 7.92. The van der Waals surface area contributed by atoms with Crippen molar-refractivity contribution in [3.8, 4) is 0 Å². The number of hydrogen-bond acceptors (Lipinski definition) is 3. The van der Waals surface area contributed by atoms with Gasteiger partial charge in [-0.3, -0.25) is 4.72 Å². The molecule has 0 aromatic heterocycles. The summed E-state index contributed by atoms with van der Waals surface area (Å²) in [5.41, 5.74) is 9.37. The van der Waals surface area contributed by atoms with Gasteiger partial charge in [0.15, 0.2) is 0 Å². The van der Waals surface area contributed by atoms with E-state index in [9.17, 15) is 8.42 Å². The predicted octanol–water partition coefficient (Wildman–Crippen LogP) is 3.25. The van der Waals surface area contributed by atoms with Gasteiger partial charge in [-0.05, 0) is 49.1 Å². The van der Waals surface area contributed by atoms with Gasteiger partial charge >= 0.3 is 0 Å². The lowest BCUT2D eigenvalue weighted by molar-refractivity contribution is 0.600. The summed E-state index contributed by atoms with van der Waals surface area (Å²) in [4.78, 5) is 0.216. The maximum Gasteiger partial charge on any atom is 0.262 e. The molecule has 4 nitrogen and oxygen atoms in total. The fourth-order valence-electron chi connectivity index (χ4n) is 2.28. The molecule has 0 saturated heterocycles. The molecular formula is C16H20N2O2S. The monoisotopic (exact) mass is 304 g/mol. The van der Waals surface area contributed by atoms with E-state index in [0.717, 1.165) is 17.5 Å². The Hall–Kier alpha value is -2.01. The van der Waals surface area contributed by atoms with Crippen LogP contribution in [0.5, 0.6) is 0 Å². The van der Waals surface area contributed by atoms with E-state index in [1.807, 2.05) is 32.0 Å². The molecule has 0 saturated carbocycles. The van der Waals surface area contributed by atoms with Crippen LogP contribution in [0.4, 0.5) is 11.4 Å². The number of rotatable bonds is 4. The van der Waals surface area contributed by atoms with Gasteiger partial charge in [0, 0.05) is 5.69 Å².